The van der Waals surface area contributed by atoms with Crippen molar-refractivity contribution in [2.45, 2.75) is 13.3 Å². The van der Waals surface area contributed by atoms with E-state index < -0.39 is 0 Å². The van der Waals surface area contributed by atoms with Crippen LogP contribution in [0.1, 0.15) is 21.2 Å². The van der Waals surface area contributed by atoms with Crippen LogP contribution in [0, 0.1) is 6.92 Å². The molecule has 0 aliphatic heterocycles. The van der Waals surface area contributed by atoms with Crippen molar-refractivity contribution >= 4 is 22.8 Å². The second-order valence-electron chi connectivity index (χ2n) is 4.55. The molecule has 4 nitrogen and oxygen atoms in total. The van der Waals surface area contributed by atoms with E-state index in [0.717, 1.165) is 17.8 Å². The van der Waals surface area contributed by atoms with Crippen molar-refractivity contribution in [2.75, 3.05) is 6.54 Å². The minimum atomic E-state index is -0.113. The van der Waals surface area contributed by atoms with Crippen LogP contribution in [0.3, 0.4) is 0 Å². The summed E-state index contributed by atoms with van der Waals surface area (Å²) < 4.78 is 1.92. The Balaban J connectivity index is 1.72. The third-order valence-electron chi connectivity index (χ3n) is 3.18. The van der Waals surface area contributed by atoms with Gasteiger partial charge in [-0.25, -0.2) is 4.98 Å². The van der Waals surface area contributed by atoms with Gasteiger partial charge in [0.2, 0.25) is 0 Å². The third-order valence-corrected chi connectivity index (χ3v) is 4.11. The number of pyridine rings is 1. The summed E-state index contributed by atoms with van der Waals surface area (Å²) in [4.78, 5) is 17.9. The molecule has 5 heteroatoms. The van der Waals surface area contributed by atoms with Gasteiger partial charge in [0, 0.05) is 17.6 Å². The molecular weight excluding hydrogens is 270 g/mol. The highest BCUT2D eigenvalue weighted by molar-refractivity contribution is 7.09. The lowest BCUT2D eigenvalue weighted by Crippen LogP contribution is -2.26. The molecule has 1 N–H and O–H groups in total. The number of hydrogen-bond donors (Lipinski definition) is 1. The first kappa shape index (κ1) is 12.9. The fraction of sp³-hybridized carbons (Fsp3) is 0.200. The molecule has 3 rings (SSSR count). The standard InChI is InChI=1S/C15H15N3OS/c1-11-17-14(13-6-2-3-9-18(11)13)15(19)16-8-7-12-5-4-10-20-12/h2-6,9-10H,7-8H2,1H3,(H,16,19). The minimum absolute atomic E-state index is 0.113. The van der Waals surface area contributed by atoms with Crippen molar-refractivity contribution in [3.63, 3.8) is 0 Å². The number of nitrogens with zero attached hydrogens (tertiary/aromatic N) is 2. The van der Waals surface area contributed by atoms with Crippen LogP contribution in [0.5, 0.6) is 0 Å². The van der Waals surface area contributed by atoms with Gasteiger partial charge in [-0.1, -0.05) is 12.1 Å². The highest BCUT2D eigenvalue weighted by Gasteiger charge is 2.14. The average molecular weight is 285 g/mol. The van der Waals surface area contributed by atoms with Gasteiger partial charge in [0.05, 0.1) is 5.52 Å². The Labute approximate surface area is 121 Å². The second kappa shape index (κ2) is 5.46. The molecule has 0 aliphatic rings. The zero-order chi connectivity index (χ0) is 13.9. The Morgan fingerprint density at radius 3 is 3.05 bits per heavy atom. The fourth-order valence-corrected chi connectivity index (χ4v) is 2.91. The molecule has 0 spiro atoms. The fourth-order valence-electron chi connectivity index (χ4n) is 2.20. The monoisotopic (exact) mass is 285 g/mol. The Kier molecular flexibility index (Phi) is 3.52. The zero-order valence-corrected chi connectivity index (χ0v) is 12.0. The smallest absolute Gasteiger partial charge is 0.272 e. The molecule has 0 aromatic carbocycles. The number of thiophene rings is 1. The summed E-state index contributed by atoms with van der Waals surface area (Å²) in [6.45, 7) is 2.53. The molecule has 0 radical (unpaired) electrons. The van der Waals surface area contributed by atoms with Gasteiger partial charge >= 0.3 is 0 Å². The SMILES string of the molecule is Cc1nc(C(=O)NCCc2cccs2)c2ccccn12. The van der Waals surface area contributed by atoms with Crippen molar-refractivity contribution in [1.82, 2.24) is 14.7 Å². The summed E-state index contributed by atoms with van der Waals surface area (Å²) in [5, 5.41) is 4.98. The quantitative estimate of drug-likeness (QED) is 0.801. The van der Waals surface area contributed by atoms with Crippen molar-refractivity contribution in [2.24, 2.45) is 0 Å². The number of amides is 1. The number of aryl methyl sites for hydroxylation is 1. The minimum Gasteiger partial charge on any atom is -0.350 e. The zero-order valence-electron chi connectivity index (χ0n) is 11.2. The predicted molar refractivity (Wildman–Crippen MR) is 80.3 cm³/mol. The van der Waals surface area contributed by atoms with E-state index in [4.69, 9.17) is 0 Å². The van der Waals surface area contributed by atoms with Crippen molar-refractivity contribution in [3.8, 4) is 0 Å². The van der Waals surface area contributed by atoms with E-state index in [1.165, 1.54) is 4.88 Å². The topological polar surface area (TPSA) is 46.4 Å². The maximum atomic E-state index is 12.2. The molecule has 0 atom stereocenters. The molecule has 102 valence electrons. The number of nitrogens with one attached hydrogen (secondary N) is 1. The highest BCUT2D eigenvalue weighted by Crippen LogP contribution is 2.12. The Hall–Kier alpha value is -2.14. The number of carbonyl (C=O) groups excluding carboxylic acids is 1. The van der Waals surface area contributed by atoms with Crippen LogP contribution < -0.4 is 5.32 Å². The summed E-state index contributed by atoms with van der Waals surface area (Å²) in [7, 11) is 0. The third kappa shape index (κ3) is 2.44. The van der Waals surface area contributed by atoms with E-state index in [2.05, 4.69) is 16.4 Å². The largest absolute Gasteiger partial charge is 0.350 e. The van der Waals surface area contributed by atoms with Gasteiger partial charge in [-0.05, 0) is 36.9 Å². The number of carbonyl (C=O) groups is 1. The van der Waals surface area contributed by atoms with Gasteiger partial charge in [0.15, 0.2) is 5.69 Å². The Morgan fingerprint density at radius 2 is 2.25 bits per heavy atom. The van der Waals surface area contributed by atoms with Gasteiger partial charge < -0.3 is 9.72 Å². The lowest BCUT2D eigenvalue weighted by Gasteiger charge is -2.02. The molecule has 0 unspecified atom stereocenters. The first-order valence-electron chi connectivity index (χ1n) is 6.50. The number of hydrogen-bond acceptors (Lipinski definition) is 3. The average Bonchev–Trinajstić information content (AvgIpc) is 3.08. The molecule has 0 saturated carbocycles. The molecule has 3 aromatic rings. The molecule has 0 bridgehead atoms. The first-order valence-corrected chi connectivity index (χ1v) is 7.38. The maximum Gasteiger partial charge on any atom is 0.272 e. The van der Waals surface area contributed by atoms with Gasteiger partial charge in [-0.15, -0.1) is 11.3 Å². The lowest BCUT2D eigenvalue weighted by atomic mass is 10.3. The lowest BCUT2D eigenvalue weighted by molar-refractivity contribution is 0.0951. The molecular formula is C15H15N3OS. The van der Waals surface area contributed by atoms with Crippen molar-refractivity contribution < 1.29 is 4.79 Å². The second-order valence-corrected chi connectivity index (χ2v) is 5.58. The van der Waals surface area contributed by atoms with E-state index in [9.17, 15) is 4.79 Å². The maximum absolute atomic E-state index is 12.2. The number of fused-ring (bicyclic) bond motifs is 1. The van der Waals surface area contributed by atoms with Crippen LogP contribution in [-0.4, -0.2) is 21.8 Å². The molecule has 0 fully saturated rings. The summed E-state index contributed by atoms with van der Waals surface area (Å²) in [5.74, 6) is 0.711. The van der Waals surface area contributed by atoms with E-state index >= 15 is 0 Å². The van der Waals surface area contributed by atoms with E-state index in [0.29, 0.717) is 12.2 Å². The summed E-state index contributed by atoms with van der Waals surface area (Å²) >= 11 is 1.71. The molecule has 1 amide bonds. The Morgan fingerprint density at radius 1 is 1.35 bits per heavy atom. The highest BCUT2D eigenvalue weighted by atomic mass is 32.1. The van der Waals surface area contributed by atoms with Crippen LogP contribution in [0.2, 0.25) is 0 Å². The van der Waals surface area contributed by atoms with Gasteiger partial charge in [0.25, 0.3) is 5.91 Å². The molecule has 20 heavy (non-hydrogen) atoms. The summed E-state index contributed by atoms with van der Waals surface area (Å²) in [5.41, 5.74) is 1.34. The van der Waals surface area contributed by atoms with E-state index in [-0.39, 0.29) is 5.91 Å². The van der Waals surface area contributed by atoms with Crippen LogP contribution in [-0.2, 0) is 6.42 Å². The molecule has 3 heterocycles. The first-order chi connectivity index (χ1) is 9.75. The molecule has 0 aliphatic carbocycles. The number of aromatic nitrogens is 2. The van der Waals surface area contributed by atoms with Crippen LogP contribution in [0.15, 0.2) is 41.9 Å². The molecule has 0 saturated heterocycles. The van der Waals surface area contributed by atoms with E-state index in [1.807, 2.05) is 47.2 Å². The summed E-state index contributed by atoms with van der Waals surface area (Å²) in [6, 6.07) is 9.86. The molecule has 3 aromatic heterocycles. The Bertz CT molecular complexity index is 731. The number of rotatable bonds is 4. The number of imidazole rings is 1. The van der Waals surface area contributed by atoms with Crippen LogP contribution in [0.4, 0.5) is 0 Å². The van der Waals surface area contributed by atoms with Crippen LogP contribution in [0.25, 0.3) is 5.52 Å². The van der Waals surface area contributed by atoms with Gasteiger partial charge in [0.1, 0.15) is 5.82 Å². The summed E-state index contributed by atoms with van der Waals surface area (Å²) in [6.07, 6.45) is 2.77. The van der Waals surface area contributed by atoms with Crippen molar-refractivity contribution in [1.29, 1.82) is 0 Å². The van der Waals surface area contributed by atoms with Crippen LogP contribution >= 0.6 is 11.3 Å². The van der Waals surface area contributed by atoms with E-state index in [1.54, 1.807) is 11.3 Å². The normalized spacial score (nSPS) is 10.8. The van der Waals surface area contributed by atoms with Crippen molar-refractivity contribution in [3.05, 3.63) is 58.3 Å². The van der Waals surface area contributed by atoms with Gasteiger partial charge in [-0.3, -0.25) is 4.79 Å². The predicted octanol–water partition coefficient (Wildman–Crippen LogP) is 2.68. The van der Waals surface area contributed by atoms with Gasteiger partial charge in [-0.2, -0.15) is 0 Å².